The fourth-order valence-corrected chi connectivity index (χ4v) is 1.99. The lowest BCUT2D eigenvalue weighted by molar-refractivity contribution is 0.210. The van der Waals surface area contributed by atoms with E-state index in [4.69, 9.17) is 0 Å². The molecular formula is C14H24N2. The van der Waals surface area contributed by atoms with Gasteiger partial charge < -0.3 is 5.32 Å². The van der Waals surface area contributed by atoms with Crippen LogP contribution in [-0.4, -0.2) is 31.1 Å². The van der Waals surface area contributed by atoms with Crippen molar-refractivity contribution in [3.63, 3.8) is 0 Å². The fourth-order valence-electron chi connectivity index (χ4n) is 1.99. The zero-order chi connectivity index (χ0) is 12.0. The second-order valence-electron chi connectivity index (χ2n) is 4.43. The van der Waals surface area contributed by atoms with Crippen LogP contribution in [0.3, 0.4) is 0 Å². The highest BCUT2D eigenvalue weighted by Crippen LogP contribution is 2.14. The second kappa shape index (κ2) is 6.66. The molecule has 0 aliphatic heterocycles. The molecule has 16 heavy (non-hydrogen) atoms. The number of nitrogens with one attached hydrogen (secondary N) is 1. The number of hydrogen-bond donors (Lipinski definition) is 1. The summed E-state index contributed by atoms with van der Waals surface area (Å²) in [7, 11) is 2.03. The van der Waals surface area contributed by atoms with E-state index >= 15 is 0 Å². The van der Waals surface area contributed by atoms with Crippen LogP contribution in [0, 0.1) is 0 Å². The summed E-state index contributed by atoms with van der Waals surface area (Å²) >= 11 is 0. The Morgan fingerprint density at radius 3 is 2.25 bits per heavy atom. The summed E-state index contributed by atoms with van der Waals surface area (Å²) in [6, 6.07) is 11.7. The van der Waals surface area contributed by atoms with Crippen LogP contribution in [0.5, 0.6) is 0 Å². The van der Waals surface area contributed by atoms with E-state index in [0.717, 1.165) is 13.1 Å². The topological polar surface area (TPSA) is 15.3 Å². The summed E-state index contributed by atoms with van der Waals surface area (Å²) in [5, 5.41) is 3.40. The Kier molecular flexibility index (Phi) is 5.50. The number of nitrogens with zero attached hydrogens (tertiary/aromatic N) is 1. The Morgan fingerprint density at radius 1 is 1.19 bits per heavy atom. The van der Waals surface area contributed by atoms with Crippen LogP contribution in [0.2, 0.25) is 0 Å². The van der Waals surface area contributed by atoms with Crippen LogP contribution in [0.1, 0.15) is 32.4 Å². The van der Waals surface area contributed by atoms with Gasteiger partial charge >= 0.3 is 0 Å². The lowest BCUT2D eigenvalue weighted by atomic mass is 10.1. The molecule has 0 fully saturated rings. The monoisotopic (exact) mass is 220 g/mol. The smallest absolute Gasteiger partial charge is 0.0446 e. The summed E-state index contributed by atoms with van der Waals surface area (Å²) in [4.78, 5) is 2.48. The Bertz CT molecular complexity index is 282. The Hall–Kier alpha value is -0.860. The van der Waals surface area contributed by atoms with E-state index in [2.05, 4.69) is 61.3 Å². The predicted molar refractivity (Wildman–Crippen MR) is 70.6 cm³/mol. The van der Waals surface area contributed by atoms with Gasteiger partial charge in [0.15, 0.2) is 0 Å². The zero-order valence-corrected chi connectivity index (χ0v) is 10.9. The third-order valence-electron chi connectivity index (χ3n) is 3.10. The van der Waals surface area contributed by atoms with Crippen molar-refractivity contribution in [2.45, 2.75) is 32.9 Å². The molecule has 0 heterocycles. The fraction of sp³-hybridized carbons (Fsp3) is 0.571. The average Bonchev–Trinajstić information content (AvgIpc) is 2.31. The third-order valence-corrected chi connectivity index (χ3v) is 3.10. The van der Waals surface area contributed by atoms with Crippen LogP contribution in [0.4, 0.5) is 0 Å². The van der Waals surface area contributed by atoms with Gasteiger partial charge in [0.1, 0.15) is 0 Å². The maximum Gasteiger partial charge on any atom is 0.0446 e. The van der Waals surface area contributed by atoms with Gasteiger partial charge in [-0.3, -0.25) is 4.90 Å². The minimum atomic E-state index is 0.420. The van der Waals surface area contributed by atoms with E-state index in [1.807, 2.05) is 7.05 Å². The van der Waals surface area contributed by atoms with Gasteiger partial charge in [0, 0.05) is 18.6 Å². The summed E-state index contributed by atoms with van der Waals surface area (Å²) in [6.07, 6.45) is 0. The van der Waals surface area contributed by atoms with Crippen molar-refractivity contribution in [2.24, 2.45) is 0 Å². The van der Waals surface area contributed by atoms with Crippen molar-refractivity contribution in [3.8, 4) is 0 Å². The number of likely N-dealkylation sites (N-methyl/N-ethyl adjacent to an activating group) is 2. The van der Waals surface area contributed by atoms with Gasteiger partial charge in [0.25, 0.3) is 0 Å². The van der Waals surface area contributed by atoms with Crippen molar-refractivity contribution in [1.82, 2.24) is 10.2 Å². The van der Waals surface area contributed by atoms with E-state index in [1.165, 1.54) is 5.56 Å². The maximum atomic E-state index is 3.40. The predicted octanol–water partition coefficient (Wildman–Crippen LogP) is 2.68. The van der Waals surface area contributed by atoms with Crippen LogP contribution >= 0.6 is 0 Å². The number of rotatable bonds is 6. The summed E-state index contributed by atoms with van der Waals surface area (Å²) in [5.74, 6) is 0. The van der Waals surface area contributed by atoms with Crippen molar-refractivity contribution < 1.29 is 0 Å². The van der Waals surface area contributed by atoms with E-state index in [-0.39, 0.29) is 0 Å². The van der Waals surface area contributed by atoms with E-state index in [1.54, 1.807) is 0 Å². The quantitative estimate of drug-likeness (QED) is 0.793. The molecule has 0 bridgehead atoms. The third kappa shape index (κ3) is 3.62. The molecule has 0 saturated heterocycles. The van der Waals surface area contributed by atoms with Crippen molar-refractivity contribution >= 4 is 0 Å². The van der Waals surface area contributed by atoms with E-state index in [9.17, 15) is 0 Å². The maximum absolute atomic E-state index is 3.40. The molecule has 1 atom stereocenters. The largest absolute Gasteiger partial charge is 0.312 e. The second-order valence-corrected chi connectivity index (χ2v) is 4.43. The molecule has 90 valence electrons. The van der Waals surface area contributed by atoms with E-state index < -0.39 is 0 Å². The molecule has 1 N–H and O–H groups in total. The minimum Gasteiger partial charge on any atom is -0.312 e. The molecule has 0 spiro atoms. The molecule has 0 amide bonds. The normalized spacial score (nSPS) is 13.4. The van der Waals surface area contributed by atoms with Gasteiger partial charge in [-0.2, -0.15) is 0 Å². The molecule has 0 aromatic heterocycles. The Morgan fingerprint density at radius 2 is 1.81 bits per heavy atom. The van der Waals surface area contributed by atoms with Gasteiger partial charge in [-0.25, -0.2) is 0 Å². The van der Waals surface area contributed by atoms with Gasteiger partial charge in [-0.1, -0.05) is 37.3 Å². The molecule has 1 rings (SSSR count). The molecule has 1 aromatic rings. The minimum absolute atomic E-state index is 0.420. The highest BCUT2D eigenvalue weighted by molar-refractivity contribution is 5.19. The van der Waals surface area contributed by atoms with Crippen molar-refractivity contribution in [3.05, 3.63) is 35.9 Å². The number of benzene rings is 1. The summed E-state index contributed by atoms with van der Waals surface area (Å²) in [5.41, 5.74) is 1.36. The molecule has 0 aliphatic carbocycles. The van der Waals surface area contributed by atoms with Crippen LogP contribution in [-0.2, 0) is 0 Å². The lowest BCUT2D eigenvalue weighted by Crippen LogP contribution is -2.38. The molecule has 2 heteroatoms. The highest BCUT2D eigenvalue weighted by Gasteiger charge is 2.14. The first kappa shape index (κ1) is 13.2. The Labute approximate surface area is 99.7 Å². The molecule has 0 aliphatic rings. The first-order valence-corrected chi connectivity index (χ1v) is 6.15. The molecule has 1 aromatic carbocycles. The number of hydrogen-bond acceptors (Lipinski definition) is 2. The Balaban J connectivity index is 2.68. The van der Waals surface area contributed by atoms with Gasteiger partial charge in [-0.05, 0) is 33.0 Å². The SMILES string of the molecule is CCN(CC(NC)c1ccccc1)C(C)C. The summed E-state index contributed by atoms with van der Waals surface area (Å²) < 4.78 is 0. The van der Waals surface area contributed by atoms with Crippen molar-refractivity contribution in [1.29, 1.82) is 0 Å². The van der Waals surface area contributed by atoms with Crippen LogP contribution in [0.25, 0.3) is 0 Å². The molecular weight excluding hydrogens is 196 g/mol. The zero-order valence-electron chi connectivity index (χ0n) is 10.9. The summed E-state index contributed by atoms with van der Waals surface area (Å²) in [6.45, 7) is 8.89. The molecule has 0 saturated carbocycles. The molecule has 0 radical (unpaired) electrons. The van der Waals surface area contributed by atoms with Crippen LogP contribution in [0.15, 0.2) is 30.3 Å². The standard InChI is InChI=1S/C14H24N2/c1-5-16(12(2)3)11-14(15-4)13-9-7-6-8-10-13/h6-10,12,14-15H,5,11H2,1-4H3. The van der Waals surface area contributed by atoms with E-state index in [0.29, 0.717) is 12.1 Å². The first-order valence-electron chi connectivity index (χ1n) is 6.15. The highest BCUT2D eigenvalue weighted by atomic mass is 15.2. The van der Waals surface area contributed by atoms with Gasteiger partial charge in [0.05, 0.1) is 0 Å². The van der Waals surface area contributed by atoms with Gasteiger partial charge in [-0.15, -0.1) is 0 Å². The molecule has 1 unspecified atom stereocenters. The average molecular weight is 220 g/mol. The molecule has 2 nitrogen and oxygen atoms in total. The van der Waals surface area contributed by atoms with Gasteiger partial charge in [0.2, 0.25) is 0 Å². The van der Waals surface area contributed by atoms with Crippen molar-refractivity contribution in [2.75, 3.05) is 20.1 Å². The first-order chi connectivity index (χ1) is 7.69. The van der Waals surface area contributed by atoms with Crippen LogP contribution < -0.4 is 5.32 Å². The lowest BCUT2D eigenvalue weighted by Gasteiger charge is -2.29.